The molecule has 1 unspecified atom stereocenters. The van der Waals surface area contributed by atoms with Crippen molar-refractivity contribution in [2.75, 3.05) is 19.7 Å². The molecule has 1 atom stereocenters. The van der Waals surface area contributed by atoms with Crippen molar-refractivity contribution < 1.29 is 5.11 Å². The van der Waals surface area contributed by atoms with Gasteiger partial charge in [-0.1, -0.05) is 12.1 Å². The van der Waals surface area contributed by atoms with E-state index in [0.29, 0.717) is 12.1 Å². The molecular formula is C17H25N3O. The molecule has 1 aliphatic heterocycles. The number of rotatable bonds is 6. The standard InChI is InChI=1S/C17H25N3O/c1-14(8-11-21)19-17-6-9-20(10-7-17)13-16-4-2-15(12-18)3-5-16/h2-5,14,17,19,21H,6-11,13H2,1H3. The summed E-state index contributed by atoms with van der Waals surface area (Å²) < 4.78 is 0. The van der Waals surface area contributed by atoms with Crippen molar-refractivity contribution in [3.8, 4) is 6.07 Å². The van der Waals surface area contributed by atoms with Gasteiger partial charge in [-0.2, -0.15) is 5.26 Å². The molecular weight excluding hydrogens is 262 g/mol. The van der Waals surface area contributed by atoms with E-state index in [0.717, 1.165) is 44.5 Å². The van der Waals surface area contributed by atoms with E-state index in [1.165, 1.54) is 5.56 Å². The van der Waals surface area contributed by atoms with E-state index in [9.17, 15) is 0 Å². The summed E-state index contributed by atoms with van der Waals surface area (Å²) in [7, 11) is 0. The smallest absolute Gasteiger partial charge is 0.0991 e. The lowest BCUT2D eigenvalue weighted by Crippen LogP contribution is -2.45. The summed E-state index contributed by atoms with van der Waals surface area (Å²) in [6, 6.07) is 11.0. The van der Waals surface area contributed by atoms with Crippen LogP contribution in [0.3, 0.4) is 0 Å². The van der Waals surface area contributed by atoms with Crippen molar-refractivity contribution in [2.45, 2.75) is 44.8 Å². The number of benzene rings is 1. The van der Waals surface area contributed by atoms with E-state index in [-0.39, 0.29) is 6.61 Å². The zero-order valence-electron chi connectivity index (χ0n) is 12.8. The fraction of sp³-hybridized carbons (Fsp3) is 0.588. The van der Waals surface area contributed by atoms with Crippen LogP contribution < -0.4 is 5.32 Å². The van der Waals surface area contributed by atoms with Gasteiger partial charge in [-0.15, -0.1) is 0 Å². The Bertz CT molecular complexity index is 458. The van der Waals surface area contributed by atoms with Gasteiger partial charge in [0.05, 0.1) is 11.6 Å². The third kappa shape index (κ3) is 5.13. The molecule has 1 heterocycles. The third-order valence-electron chi connectivity index (χ3n) is 4.16. The Labute approximate surface area is 127 Å². The van der Waals surface area contributed by atoms with Crippen LogP contribution in [0.4, 0.5) is 0 Å². The van der Waals surface area contributed by atoms with Gasteiger partial charge in [-0.3, -0.25) is 4.90 Å². The number of nitrogens with zero attached hydrogens (tertiary/aromatic N) is 2. The maximum absolute atomic E-state index is 8.94. The topological polar surface area (TPSA) is 59.3 Å². The Kier molecular flexibility index (Phi) is 6.19. The molecule has 0 saturated carbocycles. The molecule has 1 aromatic carbocycles. The number of aliphatic hydroxyl groups excluding tert-OH is 1. The van der Waals surface area contributed by atoms with Gasteiger partial charge in [0.2, 0.25) is 0 Å². The van der Waals surface area contributed by atoms with Gasteiger partial charge in [-0.05, 0) is 57.0 Å². The highest BCUT2D eigenvalue weighted by Crippen LogP contribution is 2.15. The van der Waals surface area contributed by atoms with Gasteiger partial charge in [0, 0.05) is 25.2 Å². The minimum Gasteiger partial charge on any atom is -0.396 e. The minimum atomic E-state index is 0.256. The number of nitrogens with one attached hydrogen (secondary N) is 1. The Morgan fingerprint density at radius 3 is 2.57 bits per heavy atom. The fourth-order valence-electron chi connectivity index (χ4n) is 2.88. The molecule has 0 bridgehead atoms. The minimum absolute atomic E-state index is 0.256. The average Bonchev–Trinajstić information content (AvgIpc) is 2.50. The van der Waals surface area contributed by atoms with Gasteiger partial charge >= 0.3 is 0 Å². The molecule has 0 aliphatic carbocycles. The van der Waals surface area contributed by atoms with Crippen LogP contribution in [-0.2, 0) is 6.54 Å². The predicted molar refractivity (Wildman–Crippen MR) is 83.8 cm³/mol. The number of nitriles is 1. The van der Waals surface area contributed by atoms with Gasteiger partial charge in [-0.25, -0.2) is 0 Å². The van der Waals surface area contributed by atoms with Crippen LogP contribution in [0.5, 0.6) is 0 Å². The number of hydrogen-bond acceptors (Lipinski definition) is 4. The van der Waals surface area contributed by atoms with Gasteiger partial charge in [0.15, 0.2) is 0 Å². The molecule has 2 N–H and O–H groups in total. The predicted octanol–water partition coefficient (Wildman–Crippen LogP) is 1.88. The summed E-state index contributed by atoms with van der Waals surface area (Å²) in [6.45, 7) is 5.56. The largest absolute Gasteiger partial charge is 0.396 e. The molecule has 1 fully saturated rings. The van der Waals surface area contributed by atoms with E-state index >= 15 is 0 Å². The lowest BCUT2D eigenvalue weighted by molar-refractivity contribution is 0.179. The number of piperidine rings is 1. The number of likely N-dealkylation sites (tertiary alicyclic amines) is 1. The highest BCUT2D eigenvalue weighted by molar-refractivity contribution is 5.31. The van der Waals surface area contributed by atoms with Crippen molar-refractivity contribution in [3.63, 3.8) is 0 Å². The molecule has 0 aromatic heterocycles. The molecule has 21 heavy (non-hydrogen) atoms. The second kappa shape index (κ2) is 8.14. The second-order valence-electron chi connectivity index (χ2n) is 5.94. The molecule has 1 aromatic rings. The zero-order chi connectivity index (χ0) is 15.1. The normalized spacial score (nSPS) is 18.3. The first kappa shape index (κ1) is 16.0. The zero-order valence-corrected chi connectivity index (χ0v) is 12.8. The first-order chi connectivity index (χ1) is 10.2. The maximum atomic E-state index is 8.94. The molecule has 2 rings (SSSR count). The Morgan fingerprint density at radius 2 is 2.00 bits per heavy atom. The van der Waals surface area contributed by atoms with Crippen LogP contribution in [0.15, 0.2) is 24.3 Å². The van der Waals surface area contributed by atoms with E-state index in [1.54, 1.807) is 0 Å². The molecule has 1 aliphatic rings. The first-order valence-corrected chi connectivity index (χ1v) is 7.79. The average molecular weight is 287 g/mol. The van der Waals surface area contributed by atoms with Crippen LogP contribution in [0.1, 0.15) is 37.3 Å². The Morgan fingerprint density at radius 1 is 1.33 bits per heavy atom. The molecule has 114 valence electrons. The molecule has 0 radical (unpaired) electrons. The Balaban J connectivity index is 1.74. The highest BCUT2D eigenvalue weighted by Gasteiger charge is 2.20. The first-order valence-electron chi connectivity index (χ1n) is 7.79. The summed E-state index contributed by atoms with van der Waals surface area (Å²) in [4.78, 5) is 2.47. The van der Waals surface area contributed by atoms with Crippen molar-refractivity contribution in [3.05, 3.63) is 35.4 Å². The molecule has 4 nitrogen and oxygen atoms in total. The summed E-state index contributed by atoms with van der Waals surface area (Å²) in [5.41, 5.74) is 1.99. The van der Waals surface area contributed by atoms with Crippen LogP contribution in [0.25, 0.3) is 0 Å². The monoisotopic (exact) mass is 287 g/mol. The van der Waals surface area contributed by atoms with E-state index in [2.05, 4.69) is 23.2 Å². The van der Waals surface area contributed by atoms with Crippen LogP contribution >= 0.6 is 0 Å². The summed E-state index contributed by atoms with van der Waals surface area (Å²) in [6.07, 6.45) is 3.14. The maximum Gasteiger partial charge on any atom is 0.0991 e. The number of aliphatic hydroxyl groups is 1. The van der Waals surface area contributed by atoms with Gasteiger partial charge < -0.3 is 10.4 Å². The third-order valence-corrected chi connectivity index (χ3v) is 4.16. The summed E-state index contributed by atoms with van der Waals surface area (Å²) >= 11 is 0. The van der Waals surface area contributed by atoms with E-state index < -0.39 is 0 Å². The fourth-order valence-corrected chi connectivity index (χ4v) is 2.88. The highest BCUT2D eigenvalue weighted by atomic mass is 16.3. The van der Waals surface area contributed by atoms with Crippen LogP contribution in [0, 0.1) is 11.3 Å². The second-order valence-corrected chi connectivity index (χ2v) is 5.94. The van der Waals surface area contributed by atoms with Crippen LogP contribution in [-0.4, -0.2) is 41.8 Å². The number of hydrogen-bond donors (Lipinski definition) is 2. The molecule has 1 saturated heterocycles. The quantitative estimate of drug-likeness (QED) is 0.839. The van der Waals surface area contributed by atoms with Crippen molar-refractivity contribution in [1.82, 2.24) is 10.2 Å². The van der Waals surface area contributed by atoms with Gasteiger partial charge in [0.25, 0.3) is 0 Å². The summed E-state index contributed by atoms with van der Waals surface area (Å²) in [5.74, 6) is 0. The SMILES string of the molecule is CC(CCO)NC1CCN(Cc2ccc(C#N)cc2)CC1. The molecule has 4 heteroatoms. The van der Waals surface area contributed by atoms with E-state index in [4.69, 9.17) is 10.4 Å². The Hall–Kier alpha value is -1.41. The van der Waals surface area contributed by atoms with Crippen molar-refractivity contribution >= 4 is 0 Å². The lowest BCUT2D eigenvalue weighted by atomic mass is 10.0. The molecule has 0 spiro atoms. The van der Waals surface area contributed by atoms with E-state index in [1.807, 2.05) is 24.3 Å². The van der Waals surface area contributed by atoms with Crippen molar-refractivity contribution in [2.24, 2.45) is 0 Å². The lowest BCUT2D eigenvalue weighted by Gasteiger charge is -2.34. The summed E-state index contributed by atoms with van der Waals surface area (Å²) in [5, 5.41) is 21.3. The molecule has 0 amide bonds. The van der Waals surface area contributed by atoms with Gasteiger partial charge in [0.1, 0.15) is 0 Å². The van der Waals surface area contributed by atoms with Crippen LogP contribution in [0.2, 0.25) is 0 Å². The van der Waals surface area contributed by atoms with Crippen molar-refractivity contribution in [1.29, 1.82) is 5.26 Å².